The van der Waals surface area contributed by atoms with E-state index in [9.17, 15) is 0 Å². The first-order valence-corrected chi connectivity index (χ1v) is 5.01. The molecule has 1 aromatic heterocycles. The molecule has 72 valence electrons. The summed E-state index contributed by atoms with van der Waals surface area (Å²) in [4.78, 5) is 0. The van der Waals surface area contributed by atoms with Crippen LogP contribution in [0, 0.1) is 6.92 Å². The third kappa shape index (κ3) is 1.07. The minimum Gasteiger partial charge on any atom is -0.373 e. The fourth-order valence-electron chi connectivity index (χ4n) is 2.14. The molecule has 1 aliphatic rings. The van der Waals surface area contributed by atoms with Crippen LogP contribution in [0.25, 0.3) is 10.9 Å². The number of hydrogen-bond acceptors (Lipinski definition) is 1. The first-order chi connectivity index (χ1) is 6.84. The predicted octanol–water partition coefficient (Wildman–Crippen LogP) is 2.48. The van der Waals surface area contributed by atoms with Gasteiger partial charge in [-0.05, 0) is 30.0 Å². The second-order valence-corrected chi connectivity index (χ2v) is 3.90. The molecule has 0 atom stereocenters. The van der Waals surface area contributed by atoms with E-state index >= 15 is 0 Å². The predicted molar refractivity (Wildman–Crippen MR) is 56.3 cm³/mol. The lowest BCUT2D eigenvalue weighted by molar-refractivity contribution is 0.0865. The van der Waals surface area contributed by atoms with Crippen molar-refractivity contribution in [3.8, 4) is 0 Å². The van der Waals surface area contributed by atoms with E-state index in [1.165, 1.54) is 22.2 Å². The monoisotopic (exact) mass is 187 g/mol. The number of fused-ring (bicyclic) bond motifs is 3. The third-order valence-corrected chi connectivity index (χ3v) is 2.85. The molecule has 0 saturated heterocycles. The maximum atomic E-state index is 5.43. The van der Waals surface area contributed by atoms with Gasteiger partial charge in [-0.3, -0.25) is 0 Å². The van der Waals surface area contributed by atoms with Crippen LogP contribution in [0.5, 0.6) is 0 Å². The number of benzene rings is 1. The van der Waals surface area contributed by atoms with Crippen molar-refractivity contribution in [1.29, 1.82) is 0 Å². The quantitative estimate of drug-likeness (QED) is 0.618. The van der Waals surface area contributed by atoms with Gasteiger partial charge in [-0.25, -0.2) is 0 Å². The zero-order valence-electron chi connectivity index (χ0n) is 8.29. The molecule has 0 fully saturated rings. The molecule has 2 nitrogen and oxygen atoms in total. The smallest absolute Gasteiger partial charge is 0.0869 e. The van der Waals surface area contributed by atoms with Crippen LogP contribution < -0.4 is 0 Å². The summed E-state index contributed by atoms with van der Waals surface area (Å²) < 4.78 is 7.80. The summed E-state index contributed by atoms with van der Waals surface area (Å²) in [6.07, 6.45) is 0. The van der Waals surface area contributed by atoms with Crippen LogP contribution in [0.1, 0.15) is 11.3 Å². The normalized spacial score (nSPS) is 15.8. The summed E-state index contributed by atoms with van der Waals surface area (Å²) in [5.41, 5.74) is 3.98. The van der Waals surface area contributed by atoms with Gasteiger partial charge in [0, 0.05) is 17.8 Å². The van der Waals surface area contributed by atoms with E-state index in [0.29, 0.717) is 0 Å². The highest BCUT2D eigenvalue weighted by atomic mass is 16.5. The van der Waals surface area contributed by atoms with Crippen LogP contribution in [0.2, 0.25) is 0 Å². The van der Waals surface area contributed by atoms with Gasteiger partial charge in [0.2, 0.25) is 0 Å². The van der Waals surface area contributed by atoms with Crippen molar-refractivity contribution in [1.82, 2.24) is 4.57 Å². The Kier molecular flexibility index (Phi) is 1.64. The molecule has 3 rings (SSSR count). The maximum absolute atomic E-state index is 5.43. The van der Waals surface area contributed by atoms with Gasteiger partial charge in [-0.2, -0.15) is 0 Å². The molecular weight excluding hydrogens is 174 g/mol. The highest BCUT2D eigenvalue weighted by Gasteiger charge is 2.12. The summed E-state index contributed by atoms with van der Waals surface area (Å²) in [6.45, 7) is 4.72. The highest BCUT2D eigenvalue weighted by Crippen LogP contribution is 2.23. The van der Waals surface area contributed by atoms with Gasteiger partial charge in [0.05, 0.1) is 13.2 Å². The Hall–Kier alpha value is -1.28. The van der Waals surface area contributed by atoms with Crippen molar-refractivity contribution in [3.63, 3.8) is 0 Å². The molecule has 0 unspecified atom stereocenters. The van der Waals surface area contributed by atoms with Crippen LogP contribution in [-0.4, -0.2) is 11.2 Å². The summed E-state index contributed by atoms with van der Waals surface area (Å²) >= 11 is 0. The van der Waals surface area contributed by atoms with Crippen molar-refractivity contribution in [2.75, 3.05) is 6.61 Å². The van der Waals surface area contributed by atoms with Crippen molar-refractivity contribution >= 4 is 10.9 Å². The molecule has 2 aromatic rings. The summed E-state index contributed by atoms with van der Waals surface area (Å²) in [6, 6.07) is 8.84. The molecule has 0 bridgehead atoms. The first kappa shape index (κ1) is 8.06. The minimum atomic E-state index is 0.758. The maximum Gasteiger partial charge on any atom is 0.0869 e. The van der Waals surface area contributed by atoms with Gasteiger partial charge < -0.3 is 9.30 Å². The molecule has 1 aliphatic heterocycles. The van der Waals surface area contributed by atoms with Gasteiger partial charge in [-0.15, -0.1) is 0 Å². The standard InChI is InChI=1S/C12H13NO/c1-9-2-3-10-7-11-8-14-5-4-13(11)12(10)6-9/h2-3,6-7H,4-5,8H2,1H3. The largest absolute Gasteiger partial charge is 0.373 e. The Morgan fingerprint density at radius 2 is 2.21 bits per heavy atom. The van der Waals surface area contributed by atoms with Gasteiger partial charge in [-0.1, -0.05) is 12.1 Å². The van der Waals surface area contributed by atoms with E-state index in [-0.39, 0.29) is 0 Å². The lowest BCUT2D eigenvalue weighted by Gasteiger charge is -2.16. The van der Waals surface area contributed by atoms with Crippen LogP contribution >= 0.6 is 0 Å². The van der Waals surface area contributed by atoms with Crippen molar-refractivity contribution in [2.24, 2.45) is 0 Å². The number of rotatable bonds is 0. The summed E-state index contributed by atoms with van der Waals surface area (Å²) in [7, 11) is 0. The van der Waals surface area contributed by atoms with E-state index in [1.54, 1.807) is 0 Å². The fraction of sp³-hybridized carbons (Fsp3) is 0.333. The number of aryl methyl sites for hydroxylation is 1. The van der Waals surface area contributed by atoms with Gasteiger partial charge in [0.15, 0.2) is 0 Å². The highest BCUT2D eigenvalue weighted by molar-refractivity contribution is 5.82. The lowest BCUT2D eigenvalue weighted by Crippen LogP contribution is -2.15. The Labute approximate surface area is 83.1 Å². The summed E-state index contributed by atoms with van der Waals surface area (Å²) in [5, 5.41) is 1.33. The Bertz CT molecular complexity index is 484. The van der Waals surface area contributed by atoms with E-state index in [4.69, 9.17) is 4.74 Å². The molecule has 0 amide bonds. The van der Waals surface area contributed by atoms with E-state index in [1.807, 2.05) is 0 Å². The second kappa shape index (κ2) is 2.85. The van der Waals surface area contributed by atoms with Crippen LogP contribution in [0.3, 0.4) is 0 Å². The Morgan fingerprint density at radius 1 is 1.29 bits per heavy atom. The van der Waals surface area contributed by atoms with E-state index < -0.39 is 0 Å². The average molecular weight is 187 g/mol. The fourth-order valence-corrected chi connectivity index (χ4v) is 2.14. The number of ether oxygens (including phenoxy) is 1. The Balaban J connectivity index is 2.32. The van der Waals surface area contributed by atoms with Gasteiger partial charge in [0.25, 0.3) is 0 Å². The van der Waals surface area contributed by atoms with Crippen molar-refractivity contribution in [2.45, 2.75) is 20.1 Å². The number of aromatic nitrogens is 1. The number of nitrogens with zero attached hydrogens (tertiary/aromatic N) is 1. The van der Waals surface area contributed by atoms with Gasteiger partial charge >= 0.3 is 0 Å². The topological polar surface area (TPSA) is 14.2 Å². The average Bonchev–Trinajstić information content (AvgIpc) is 2.56. The third-order valence-electron chi connectivity index (χ3n) is 2.85. The second-order valence-electron chi connectivity index (χ2n) is 3.90. The zero-order chi connectivity index (χ0) is 9.54. The minimum absolute atomic E-state index is 0.758. The molecule has 0 radical (unpaired) electrons. The zero-order valence-corrected chi connectivity index (χ0v) is 8.29. The molecule has 1 aromatic carbocycles. The van der Waals surface area contributed by atoms with Crippen LogP contribution in [-0.2, 0) is 17.9 Å². The molecule has 0 spiro atoms. The van der Waals surface area contributed by atoms with Crippen LogP contribution in [0.15, 0.2) is 24.3 Å². The number of hydrogen-bond donors (Lipinski definition) is 0. The molecule has 0 saturated carbocycles. The Morgan fingerprint density at radius 3 is 3.14 bits per heavy atom. The SMILES string of the molecule is Cc1ccc2cc3n(c2c1)CCOC3. The van der Waals surface area contributed by atoms with Crippen LogP contribution in [0.4, 0.5) is 0 Å². The molecule has 0 aliphatic carbocycles. The first-order valence-electron chi connectivity index (χ1n) is 5.01. The van der Waals surface area contributed by atoms with Crippen molar-refractivity contribution < 1.29 is 4.74 Å². The summed E-state index contributed by atoms with van der Waals surface area (Å²) in [5.74, 6) is 0. The molecule has 14 heavy (non-hydrogen) atoms. The molecule has 0 N–H and O–H groups in total. The van der Waals surface area contributed by atoms with E-state index in [0.717, 1.165) is 19.8 Å². The van der Waals surface area contributed by atoms with Crippen molar-refractivity contribution in [3.05, 3.63) is 35.5 Å². The molecular formula is C12H13NO. The lowest BCUT2D eigenvalue weighted by atomic mass is 10.2. The van der Waals surface area contributed by atoms with Gasteiger partial charge in [0.1, 0.15) is 0 Å². The van der Waals surface area contributed by atoms with E-state index in [2.05, 4.69) is 35.8 Å². The molecule has 2 heteroatoms. The molecule has 2 heterocycles.